The van der Waals surface area contributed by atoms with Crippen molar-refractivity contribution in [2.24, 2.45) is 5.92 Å². The number of rotatable bonds is 8. The zero-order chi connectivity index (χ0) is 16.0. The predicted octanol–water partition coefficient (Wildman–Crippen LogP) is 2.57. The zero-order valence-corrected chi connectivity index (χ0v) is 13.2. The molecule has 1 aromatic rings. The van der Waals surface area contributed by atoms with E-state index < -0.39 is 12.6 Å². The Hall–Kier alpha value is -1.59. The Morgan fingerprint density at radius 3 is 2.52 bits per heavy atom. The number of carbonyl (C=O) groups is 2. The Bertz CT molecular complexity index is 516. The third kappa shape index (κ3) is 5.36. The minimum atomic E-state index is -1.08. The summed E-state index contributed by atoms with van der Waals surface area (Å²) in [7, 11) is 3.84. The molecule has 116 valence electrons. The first-order chi connectivity index (χ1) is 9.85. The van der Waals surface area contributed by atoms with Crippen LogP contribution in [0.3, 0.4) is 0 Å². The van der Waals surface area contributed by atoms with Gasteiger partial charge in [-0.1, -0.05) is 18.5 Å². The molecule has 0 amide bonds. The van der Waals surface area contributed by atoms with E-state index in [1.54, 1.807) is 6.07 Å². The molecule has 5 nitrogen and oxygen atoms in total. The van der Waals surface area contributed by atoms with E-state index in [1.807, 2.05) is 25.9 Å². The fourth-order valence-corrected chi connectivity index (χ4v) is 2.22. The van der Waals surface area contributed by atoms with E-state index in [-0.39, 0.29) is 22.5 Å². The molecular formula is C15H20ClNO4. The first-order valence-corrected chi connectivity index (χ1v) is 7.06. The highest BCUT2D eigenvalue weighted by Crippen LogP contribution is 2.27. The number of benzene rings is 1. The molecule has 0 radical (unpaired) electrons. The quantitative estimate of drug-likeness (QED) is 0.747. The number of halogens is 1. The fourth-order valence-electron chi connectivity index (χ4n) is 1.98. The number of ether oxygens (including phenoxy) is 1. The molecule has 1 unspecified atom stereocenters. The number of hydrogen-bond acceptors (Lipinski definition) is 4. The van der Waals surface area contributed by atoms with Crippen molar-refractivity contribution in [3.8, 4) is 5.75 Å². The lowest BCUT2D eigenvalue weighted by Crippen LogP contribution is -2.27. The topological polar surface area (TPSA) is 66.8 Å². The van der Waals surface area contributed by atoms with Crippen LogP contribution < -0.4 is 4.74 Å². The number of ketones is 1. The smallest absolute Gasteiger partial charge is 0.341 e. The van der Waals surface area contributed by atoms with Crippen LogP contribution in [0.5, 0.6) is 5.75 Å². The van der Waals surface area contributed by atoms with Gasteiger partial charge in [-0.3, -0.25) is 4.79 Å². The van der Waals surface area contributed by atoms with Gasteiger partial charge in [-0.15, -0.1) is 0 Å². The second-order valence-electron chi connectivity index (χ2n) is 5.06. The van der Waals surface area contributed by atoms with Crippen molar-refractivity contribution in [2.45, 2.75) is 13.3 Å². The molecule has 0 fully saturated rings. The molecule has 1 rings (SSSR count). The summed E-state index contributed by atoms with van der Waals surface area (Å²) in [6.45, 7) is 2.17. The van der Waals surface area contributed by atoms with Crippen molar-refractivity contribution in [1.82, 2.24) is 4.90 Å². The molecule has 0 heterocycles. The summed E-state index contributed by atoms with van der Waals surface area (Å²) in [5.41, 5.74) is 0.511. The molecule has 0 saturated heterocycles. The summed E-state index contributed by atoms with van der Waals surface area (Å²) in [5.74, 6) is -0.890. The second-order valence-corrected chi connectivity index (χ2v) is 5.47. The number of carboxylic acid groups (broad SMARTS) is 1. The minimum Gasteiger partial charge on any atom is -0.480 e. The van der Waals surface area contributed by atoms with E-state index >= 15 is 0 Å². The molecule has 0 saturated carbocycles. The van der Waals surface area contributed by atoms with Gasteiger partial charge in [0.2, 0.25) is 0 Å². The van der Waals surface area contributed by atoms with Gasteiger partial charge in [-0.05, 0) is 38.7 Å². The predicted molar refractivity (Wildman–Crippen MR) is 81.2 cm³/mol. The van der Waals surface area contributed by atoms with E-state index in [9.17, 15) is 9.59 Å². The summed E-state index contributed by atoms with van der Waals surface area (Å²) in [6, 6.07) is 4.67. The van der Waals surface area contributed by atoms with Crippen LogP contribution in [0.15, 0.2) is 18.2 Å². The van der Waals surface area contributed by atoms with Crippen LogP contribution in [0.1, 0.15) is 23.7 Å². The van der Waals surface area contributed by atoms with E-state index in [0.29, 0.717) is 12.1 Å². The van der Waals surface area contributed by atoms with Crippen LogP contribution in [-0.4, -0.2) is 49.0 Å². The summed E-state index contributed by atoms with van der Waals surface area (Å²) >= 11 is 6.03. The highest BCUT2D eigenvalue weighted by atomic mass is 35.5. The maximum atomic E-state index is 12.4. The third-order valence-electron chi connectivity index (χ3n) is 3.02. The van der Waals surface area contributed by atoms with E-state index in [4.69, 9.17) is 21.4 Å². The monoisotopic (exact) mass is 313 g/mol. The van der Waals surface area contributed by atoms with Crippen LogP contribution in [0.2, 0.25) is 5.02 Å². The van der Waals surface area contributed by atoms with Crippen LogP contribution in [0.4, 0.5) is 0 Å². The lowest BCUT2D eigenvalue weighted by atomic mass is 9.95. The van der Waals surface area contributed by atoms with Gasteiger partial charge >= 0.3 is 5.97 Å². The number of aliphatic carboxylic acids is 1. The number of nitrogens with zero attached hydrogens (tertiary/aromatic N) is 1. The molecule has 6 heteroatoms. The molecule has 0 bridgehead atoms. The largest absolute Gasteiger partial charge is 0.480 e. The van der Waals surface area contributed by atoms with Crippen molar-refractivity contribution in [1.29, 1.82) is 0 Å². The standard InChI is InChI=1S/C15H20ClNO4/c1-4-10(8-17(2)3)15(20)11-5-6-13(12(16)7-11)21-9-14(18)19/h5-7,10H,4,8-9H2,1-3H3,(H,18,19). The van der Waals surface area contributed by atoms with Crippen molar-refractivity contribution < 1.29 is 19.4 Å². The molecule has 0 aliphatic rings. The van der Waals surface area contributed by atoms with Gasteiger partial charge < -0.3 is 14.7 Å². The van der Waals surface area contributed by atoms with Crippen LogP contribution in [-0.2, 0) is 4.79 Å². The lowest BCUT2D eigenvalue weighted by Gasteiger charge is -2.18. The van der Waals surface area contributed by atoms with Crippen molar-refractivity contribution in [2.75, 3.05) is 27.2 Å². The van der Waals surface area contributed by atoms with Gasteiger partial charge in [-0.2, -0.15) is 0 Å². The molecule has 0 aromatic heterocycles. The molecule has 0 aliphatic carbocycles. The van der Waals surface area contributed by atoms with E-state index in [0.717, 1.165) is 6.42 Å². The number of carboxylic acids is 1. The maximum Gasteiger partial charge on any atom is 0.341 e. The van der Waals surface area contributed by atoms with Gasteiger partial charge in [0.25, 0.3) is 0 Å². The van der Waals surface area contributed by atoms with E-state index in [1.165, 1.54) is 12.1 Å². The molecule has 0 spiro atoms. The molecule has 1 N–H and O–H groups in total. The molecule has 21 heavy (non-hydrogen) atoms. The van der Waals surface area contributed by atoms with Gasteiger partial charge in [0.1, 0.15) is 5.75 Å². The molecular weight excluding hydrogens is 294 g/mol. The number of Topliss-reactive ketones (excluding diaryl/α,β-unsaturated/α-hetero) is 1. The molecule has 1 aromatic carbocycles. The van der Waals surface area contributed by atoms with Crippen LogP contribution >= 0.6 is 11.6 Å². The average Bonchev–Trinajstić information content (AvgIpc) is 2.42. The normalized spacial score (nSPS) is 12.2. The molecule has 1 atom stereocenters. The summed E-state index contributed by atoms with van der Waals surface area (Å²) in [6.07, 6.45) is 0.742. The Morgan fingerprint density at radius 1 is 1.38 bits per heavy atom. The fraction of sp³-hybridized carbons (Fsp3) is 0.467. The summed E-state index contributed by atoms with van der Waals surface area (Å²) < 4.78 is 5.03. The average molecular weight is 314 g/mol. The number of hydrogen-bond donors (Lipinski definition) is 1. The van der Waals surface area contributed by atoms with E-state index in [2.05, 4.69) is 0 Å². The number of carbonyl (C=O) groups excluding carboxylic acids is 1. The summed E-state index contributed by atoms with van der Waals surface area (Å²) in [4.78, 5) is 24.9. The Labute approximate surface area is 129 Å². The van der Waals surface area contributed by atoms with Crippen molar-refractivity contribution in [3.05, 3.63) is 28.8 Å². The lowest BCUT2D eigenvalue weighted by molar-refractivity contribution is -0.139. The maximum absolute atomic E-state index is 12.4. The van der Waals surface area contributed by atoms with Crippen LogP contribution in [0, 0.1) is 5.92 Å². The van der Waals surface area contributed by atoms with Gasteiger partial charge in [0.15, 0.2) is 12.4 Å². The Morgan fingerprint density at radius 2 is 2.05 bits per heavy atom. The first-order valence-electron chi connectivity index (χ1n) is 6.68. The zero-order valence-electron chi connectivity index (χ0n) is 12.4. The highest BCUT2D eigenvalue weighted by molar-refractivity contribution is 6.32. The minimum absolute atomic E-state index is 0.0258. The SMILES string of the molecule is CCC(CN(C)C)C(=O)c1ccc(OCC(=O)O)c(Cl)c1. The van der Waals surface area contributed by atoms with Gasteiger partial charge in [-0.25, -0.2) is 4.79 Å². The van der Waals surface area contributed by atoms with Crippen LogP contribution in [0.25, 0.3) is 0 Å². The Kier molecular flexibility index (Phi) is 6.65. The first kappa shape index (κ1) is 17.5. The second kappa shape index (κ2) is 8.00. The van der Waals surface area contributed by atoms with Crippen molar-refractivity contribution >= 4 is 23.4 Å². The third-order valence-corrected chi connectivity index (χ3v) is 3.31. The molecule has 0 aliphatic heterocycles. The van der Waals surface area contributed by atoms with Crippen molar-refractivity contribution in [3.63, 3.8) is 0 Å². The highest BCUT2D eigenvalue weighted by Gasteiger charge is 2.20. The summed E-state index contributed by atoms with van der Waals surface area (Å²) in [5, 5.41) is 8.81. The van der Waals surface area contributed by atoms with Gasteiger partial charge in [0, 0.05) is 18.0 Å². The van der Waals surface area contributed by atoms with Gasteiger partial charge in [0.05, 0.1) is 5.02 Å². The Balaban J connectivity index is 2.86.